The van der Waals surface area contributed by atoms with Crippen LogP contribution in [0, 0.1) is 16.7 Å². The first-order chi connectivity index (χ1) is 10.0. The van der Waals surface area contributed by atoms with Crippen LogP contribution in [-0.2, 0) is 9.47 Å². The molecule has 1 N–H and O–H groups in total. The van der Waals surface area contributed by atoms with E-state index in [-0.39, 0.29) is 12.0 Å². The molecule has 5 atom stereocenters. The molecule has 2 saturated carbocycles. The van der Waals surface area contributed by atoms with Crippen molar-refractivity contribution in [3.8, 4) is 0 Å². The van der Waals surface area contributed by atoms with E-state index in [1.807, 2.05) is 6.92 Å². The van der Waals surface area contributed by atoms with Crippen LogP contribution in [0.4, 0.5) is 0 Å². The molecule has 0 aromatic heterocycles. The molecular formula is C18H30O3. The van der Waals surface area contributed by atoms with Crippen LogP contribution in [0.2, 0.25) is 0 Å². The van der Waals surface area contributed by atoms with Gasteiger partial charge in [0.05, 0.1) is 32.0 Å². The largest absolute Gasteiger partial charge is 0.392 e. The van der Waals surface area contributed by atoms with Gasteiger partial charge < -0.3 is 14.6 Å². The number of aliphatic hydroxyl groups is 1. The maximum Gasteiger partial charge on any atom is 0.0899 e. The maximum atomic E-state index is 9.07. The van der Waals surface area contributed by atoms with Gasteiger partial charge in [-0.1, -0.05) is 25.5 Å². The van der Waals surface area contributed by atoms with Gasteiger partial charge >= 0.3 is 0 Å². The van der Waals surface area contributed by atoms with E-state index < -0.39 is 0 Å². The molecule has 3 heteroatoms. The summed E-state index contributed by atoms with van der Waals surface area (Å²) >= 11 is 0. The topological polar surface area (TPSA) is 38.7 Å². The zero-order chi connectivity index (χ0) is 15.1. The molecule has 1 aliphatic heterocycles. The number of unbranched alkanes of at least 4 members (excludes halogenated alkanes) is 1. The first kappa shape index (κ1) is 15.5. The lowest BCUT2D eigenvalue weighted by atomic mass is 9.66. The summed E-state index contributed by atoms with van der Waals surface area (Å²) in [6.07, 6.45) is 8.90. The number of fused-ring (bicyclic) bond motifs is 5. The van der Waals surface area contributed by atoms with E-state index in [0.29, 0.717) is 23.5 Å². The van der Waals surface area contributed by atoms with Crippen molar-refractivity contribution in [3.05, 3.63) is 11.6 Å². The van der Waals surface area contributed by atoms with Crippen LogP contribution in [0.25, 0.3) is 0 Å². The highest BCUT2D eigenvalue weighted by Gasteiger charge is 2.69. The van der Waals surface area contributed by atoms with Crippen molar-refractivity contribution >= 4 is 0 Å². The maximum absolute atomic E-state index is 9.07. The molecule has 0 spiro atoms. The van der Waals surface area contributed by atoms with Crippen LogP contribution in [-0.4, -0.2) is 37.1 Å². The lowest BCUT2D eigenvalue weighted by Crippen LogP contribution is -2.47. The number of hydrogen-bond donors (Lipinski definition) is 1. The second-order valence-corrected chi connectivity index (χ2v) is 7.71. The minimum absolute atomic E-state index is 0.184. The van der Waals surface area contributed by atoms with Gasteiger partial charge in [0.15, 0.2) is 0 Å². The Kier molecular flexibility index (Phi) is 4.19. The van der Waals surface area contributed by atoms with Crippen molar-refractivity contribution in [2.75, 3.05) is 19.8 Å². The molecule has 1 saturated heterocycles. The average Bonchev–Trinajstić information content (AvgIpc) is 2.86. The Balaban J connectivity index is 1.69. The van der Waals surface area contributed by atoms with Gasteiger partial charge in [0.1, 0.15) is 0 Å². The second kappa shape index (κ2) is 5.68. The molecule has 3 rings (SSSR count). The van der Waals surface area contributed by atoms with Crippen LogP contribution >= 0.6 is 0 Å². The SMILES string of the molecule is CC(=CCCCC1(C)C2CCC1(C)C1OCCOC21)CO. The number of allylic oxidation sites excluding steroid dienone is 1. The molecule has 3 aliphatic rings. The van der Waals surface area contributed by atoms with Gasteiger partial charge in [-0.2, -0.15) is 0 Å². The lowest BCUT2D eigenvalue weighted by molar-refractivity contribution is -0.176. The number of ether oxygens (including phenoxy) is 2. The van der Waals surface area contributed by atoms with Gasteiger partial charge in [0.2, 0.25) is 0 Å². The van der Waals surface area contributed by atoms with Crippen molar-refractivity contribution in [3.63, 3.8) is 0 Å². The van der Waals surface area contributed by atoms with Crippen LogP contribution < -0.4 is 0 Å². The highest BCUT2D eigenvalue weighted by atomic mass is 16.6. The molecular weight excluding hydrogens is 264 g/mol. The third kappa shape index (κ3) is 2.29. The highest BCUT2D eigenvalue weighted by Crippen LogP contribution is 2.69. The van der Waals surface area contributed by atoms with Crippen molar-refractivity contribution in [2.45, 2.75) is 65.1 Å². The summed E-state index contributed by atoms with van der Waals surface area (Å²) in [5.74, 6) is 0.663. The van der Waals surface area contributed by atoms with E-state index in [2.05, 4.69) is 19.9 Å². The lowest BCUT2D eigenvalue weighted by Gasteiger charge is -2.42. The molecule has 0 aromatic rings. The van der Waals surface area contributed by atoms with Gasteiger partial charge in [0.25, 0.3) is 0 Å². The number of aliphatic hydroxyl groups excluding tert-OH is 1. The Bertz CT molecular complexity index is 419. The normalized spacial score (nSPS) is 45.9. The van der Waals surface area contributed by atoms with E-state index >= 15 is 0 Å². The smallest absolute Gasteiger partial charge is 0.0899 e. The monoisotopic (exact) mass is 294 g/mol. The van der Waals surface area contributed by atoms with E-state index in [9.17, 15) is 0 Å². The molecule has 1 heterocycles. The van der Waals surface area contributed by atoms with Gasteiger partial charge in [-0.25, -0.2) is 0 Å². The zero-order valence-electron chi connectivity index (χ0n) is 13.7. The summed E-state index contributed by atoms with van der Waals surface area (Å²) in [5, 5.41) is 9.07. The van der Waals surface area contributed by atoms with Crippen LogP contribution in [0.1, 0.15) is 52.9 Å². The van der Waals surface area contributed by atoms with Gasteiger partial charge in [-0.15, -0.1) is 0 Å². The first-order valence-electron chi connectivity index (χ1n) is 8.52. The van der Waals surface area contributed by atoms with E-state index in [0.717, 1.165) is 25.2 Å². The summed E-state index contributed by atoms with van der Waals surface area (Å²) in [6.45, 7) is 8.61. The van der Waals surface area contributed by atoms with Gasteiger partial charge in [-0.05, 0) is 50.4 Å². The fourth-order valence-corrected chi connectivity index (χ4v) is 5.25. The standard InChI is InChI=1S/C18H30O3/c1-13(12-19)6-4-5-8-17(2)14-7-9-18(17,3)16-15(14)20-10-11-21-16/h6,14-16,19H,4-5,7-12H2,1-3H3. The predicted molar refractivity (Wildman–Crippen MR) is 83.1 cm³/mol. The molecule has 2 aliphatic carbocycles. The van der Waals surface area contributed by atoms with E-state index in [1.165, 1.54) is 25.7 Å². The minimum atomic E-state index is 0.184. The number of rotatable bonds is 5. The molecule has 21 heavy (non-hydrogen) atoms. The molecule has 120 valence electrons. The molecule has 3 nitrogen and oxygen atoms in total. The highest BCUT2D eigenvalue weighted by molar-refractivity contribution is 5.18. The molecule has 0 aromatic carbocycles. The summed E-state index contributed by atoms with van der Waals surface area (Å²) in [7, 11) is 0. The summed E-state index contributed by atoms with van der Waals surface area (Å²) in [5.41, 5.74) is 1.70. The summed E-state index contributed by atoms with van der Waals surface area (Å²) < 4.78 is 12.2. The molecule has 0 amide bonds. The molecule has 2 bridgehead atoms. The van der Waals surface area contributed by atoms with Crippen molar-refractivity contribution in [1.29, 1.82) is 0 Å². The van der Waals surface area contributed by atoms with Crippen LogP contribution in [0.15, 0.2) is 11.6 Å². The Morgan fingerprint density at radius 1 is 1.29 bits per heavy atom. The van der Waals surface area contributed by atoms with Gasteiger partial charge in [-0.3, -0.25) is 0 Å². The van der Waals surface area contributed by atoms with Crippen molar-refractivity contribution < 1.29 is 14.6 Å². The van der Waals surface area contributed by atoms with Crippen molar-refractivity contribution in [2.24, 2.45) is 16.7 Å². The zero-order valence-corrected chi connectivity index (χ0v) is 13.7. The number of hydrogen-bond acceptors (Lipinski definition) is 3. The molecule has 5 unspecified atom stereocenters. The third-order valence-electron chi connectivity index (χ3n) is 6.75. The molecule has 0 radical (unpaired) electrons. The second-order valence-electron chi connectivity index (χ2n) is 7.71. The average molecular weight is 294 g/mol. The fraction of sp³-hybridized carbons (Fsp3) is 0.889. The van der Waals surface area contributed by atoms with E-state index in [4.69, 9.17) is 14.6 Å². The Labute approximate surface area is 128 Å². The fourth-order valence-electron chi connectivity index (χ4n) is 5.25. The Hall–Kier alpha value is -0.380. The summed E-state index contributed by atoms with van der Waals surface area (Å²) in [4.78, 5) is 0. The van der Waals surface area contributed by atoms with E-state index in [1.54, 1.807) is 0 Å². The minimum Gasteiger partial charge on any atom is -0.392 e. The first-order valence-corrected chi connectivity index (χ1v) is 8.52. The Morgan fingerprint density at radius 3 is 2.76 bits per heavy atom. The third-order valence-corrected chi connectivity index (χ3v) is 6.75. The van der Waals surface area contributed by atoms with Gasteiger partial charge in [0, 0.05) is 5.41 Å². The predicted octanol–water partition coefficient (Wildman–Crippen LogP) is 3.32. The molecule has 3 fully saturated rings. The Morgan fingerprint density at radius 2 is 2.05 bits per heavy atom. The van der Waals surface area contributed by atoms with Crippen molar-refractivity contribution in [1.82, 2.24) is 0 Å². The summed E-state index contributed by atoms with van der Waals surface area (Å²) in [6, 6.07) is 0. The van der Waals surface area contributed by atoms with Crippen LogP contribution in [0.5, 0.6) is 0 Å². The quantitative estimate of drug-likeness (QED) is 0.624. The van der Waals surface area contributed by atoms with Crippen LogP contribution in [0.3, 0.4) is 0 Å².